The molecule has 10 heteroatoms. The number of halogens is 6. The topological polar surface area (TPSA) is 27.1 Å². The molecule has 0 bridgehead atoms. The van der Waals surface area contributed by atoms with E-state index in [1.807, 2.05) is 0 Å². The van der Waals surface area contributed by atoms with Crippen LogP contribution in [0, 0.1) is 0 Å². The molecule has 0 aliphatic rings. The zero-order valence-electron chi connectivity index (χ0n) is 9.76. The number of hydrogen-bond acceptors (Lipinski definition) is 3. The van der Waals surface area contributed by atoms with Crippen LogP contribution in [0.3, 0.4) is 0 Å². The van der Waals surface area contributed by atoms with Crippen LogP contribution in [0.2, 0.25) is 15.1 Å². The fourth-order valence-corrected chi connectivity index (χ4v) is 2.46. The first-order valence-corrected chi connectivity index (χ1v) is 7.55. The quantitative estimate of drug-likeness (QED) is 0.579. The van der Waals surface area contributed by atoms with Crippen LogP contribution in [0.4, 0.5) is 13.2 Å². The smallest absolute Gasteiger partial charge is 0.401 e. The molecule has 1 aromatic carbocycles. The number of alkyl halides is 3. The predicted molar refractivity (Wildman–Crippen MR) is 74.7 cm³/mol. The number of fused-ring (bicyclic) bond motifs is 1. The van der Waals surface area contributed by atoms with Crippen molar-refractivity contribution in [2.45, 2.75) is 6.18 Å². The SMILES string of the molecule is CSCOn1c(C(F)(F)F)nc2c(Cl)cc(Cl)c(Cl)c21. The lowest BCUT2D eigenvalue weighted by Gasteiger charge is -2.12. The summed E-state index contributed by atoms with van der Waals surface area (Å²) in [6.07, 6.45) is -3.04. The summed E-state index contributed by atoms with van der Waals surface area (Å²) >= 11 is 18.8. The van der Waals surface area contributed by atoms with Crippen LogP contribution in [0.25, 0.3) is 11.0 Å². The summed E-state index contributed by atoms with van der Waals surface area (Å²) in [5, 5.41) is -0.117. The Hall–Kier alpha value is -0.500. The highest BCUT2D eigenvalue weighted by Gasteiger charge is 2.40. The van der Waals surface area contributed by atoms with Crippen LogP contribution in [-0.4, -0.2) is 21.9 Å². The summed E-state index contributed by atoms with van der Waals surface area (Å²) in [6, 6.07) is 1.24. The third-order valence-electron chi connectivity index (χ3n) is 2.29. The average Bonchev–Trinajstić information content (AvgIpc) is 2.73. The van der Waals surface area contributed by atoms with Crippen molar-refractivity contribution < 1.29 is 18.0 Å². The van der Waals surface area contributed by atoms with Crippen molar-refractivity contribution in [2.75, 3.05) is 12.2 Å². The molecule has 0 atom stereocenters. The highest BCUT2D eigenvalue weighted by molar-refractivity contribution is 7.98. The maximum Gasteiger partial charge on any atom is 0.453 e. The van der Waals surface area contributed by atoms with E-state index in [9.17, 15) is 13.2 Å². The van der Waals surface area contributed by atoms with E-state index in [1.165, 1.54) is 17.8 Å². The number of imidazole rings is 1. The van der Waals surface area contributed by atoms with Gasteiger partial charge in [0.1, 0.15) is 11.0 Å². The lowest BCUT2D eigenvalue weighted by Crippen LogP contribution is -2.20. The maximum absolute atomic E-state index is 13.0. The molecule has 2 rings (SSSR count). The molecular weight excluding hydrogens is 360 g/mol. The Bertz CT molecular complexity index is 659. The Kier molecular flexibility index (Phi) is 4.53. The van der Waals surface area contributed by atoms with Crippen LogP contribution in [0.1, 0.15) is 5.82 Å². The van der Waals surface area contributed by atoms with Crippen molar-refractivity contribution in [3.8, 4) is 0 Å². The van der Waals surface area contributed by atoms with Gasteiger partial charge in [-0.25, -0.2) is 4.98 Å². The lowest BCUT2D eigenvalue weighted by atomic mass is 10.3. The minimum absolute atomic E-state index is 0.0188. The largest absolute Gasteiger partial charge is 0.453 e. The van der Waals surface area contributed by atoms with E-state index in [4.69, 9.17) is 39.6 Å². The second kappa shape index (κ2) is 5.71. The number of hydrogen-bond donors (Lipinski definition) is 0. The molecule has 0 amide bonds. The lowest BCUT2D eigenvalue weighted by molar-refractivity contribution is -0.154. The van der Waals surface area contributed by atoms with E-state index in [1.54, 1.807) is 6.26 Å². The third-order valence-corrected chi connectivity index (χ3v) is 3.69. The first-order chi connectivity index (χ1) is 9.27. The molecule has 110 valence electrons. The van der Waals surface area contributed by atoms with Gasteiger partial charge in [0, 0.05) is 0 Å². The van der Waals surface area contributed by atoms with Crippen molar-refractivity contribution in [1.82, 2.24) is 9.71 Å². The molecular formula is C10H6Cl3F3N2OS. The molecule has 0 fully saturated rings. The molecule has 1 aromatic heterocycles. The Balaban J connectivity index is 2.80. The van der Waals surface area contributed by atoms with Crippen molar-refractivity contribution in [1.29, 1.82) is 0 Å². The molecule has 0 spiro atoms. The molecule has 0 N–H and O–H groups in total. The van der Waals surface area contributed by atoms with E-state index in [0.717, 1.165) is 0 Å². The molecule has 0 aliphatic carbocycles. The van der Waals surface area contributed by atoms with Gasteiger partial charge in [0.15, 0.2) is 5.94 Å². The Morgan fingerprint density at radius 1 is 1.30 bits per heavy atom. The molecule has 2 aromatic rings. The Labute approximate surface area is 130 Å². The Morgan fingerprint density at radius 2 is 1.95 bits per heavy atom. The number of aromatic nitrogens is 2. The second-order valence-electron chi connectivity index (χ2n) is 3.61. The maximum atomic E-state index is 13.0. The predicted octanol–water partition coefficient (Wildman–Crippen LogP) is 4.76. The van der Waals surface area contributed by atoms with Crippen LogP contribution in [0.15, 0.2) is 6.07 Å². The van der Waals surface area contributed by atoms with E-state index >= 15 is 0 Å². The summed E-state index contributed by atoms with van der Waals surface area (Å²) in [5.74, 6) is -1.26. The zero-order chi connectivity index (χ0) is 15.1. The molecule has 0 saturated heterocycles. The summed E-state index contributed by atoms with van der Waals surface area (Å²) in [6.45, 7) is 0. The Morgan fingerprint density at radius 3 is 2.50 bits per heavy atom. The van der Waals surface area contributed by atoms with Gasteiger partial charge in [0.25, 0.3) is 5.82 Å². The van der Waals surface area contributed by atoms with Crippen molar-refractivity contribution in [2.24, 2.45) is 0 Å². The highest BCUT2D eigenvalue weighted by atomic mass is 35.5. The summed E-state index contributed by atoms with van der Waals surface area (Å²) in [7, 11) is 0. The number of benzene rings is 1. The molecule has 3 nitrogen and oxygen atoms in total. The monoisotopic (exact) mass is 364 g/mol. The van der Waals surface area contributed by atoms with Gasteiger partial charge in [0.2, 0.25) is 0 Å². The third kappa shape index (κ3) is 2.77. The van der Waals surface area contributed by atoms with Gasteiger partial charge >= 0.3 is 6.18 Å². The molecule has 0 aliphatic heterocycles. The van der Waals surface area contributed by atoms with Gasteiger partial charge in [-0.15, -0.1) is 11.8 Å². The zero-order valence-corrected chi connectivity index (χ0v) is 12.8. The number of thioether (sulfide) groups is 1. The molecule has 1 heterocycles. The second-order valence-corrected chi connectivity index (χ2v) is 5.62. The first-order valence-electron chi connectivity index (χ1n) is 5.02. The molecule has 20 heavy (non-hydrogen) atoms. The van der Waals surface area contributed by atoms with Gasteiger partial charge in [-0.05, 0) is 12.3 Å². The summed E-state index contributed by atoms with van der Waals surface area (Å²) in [4.78, 5) is 8.52. The van der Waals surface area contributed by atoms with E-state index in [2.05, 4.69) is 4.98 Å². The summed E-state index contributed by atoms with van der Waals surface area (Å²) in [5.41, 5.74) is -0.222. The highest BCUT2D eigenvalue weighted by Crippen LogP contribution is 2.39. The number of nitrogens with zero attached hydrogens (tertiary/aromatic N) is 2. The van der Waals surface area contributed by atoms with E-state index < -0.39 is 12.0 Å². The van der Waals surface area contributed by atoms with E-state index in [0.29, 0.717) is 4.73 Å². The standard InChI is InChI=1S/C10H6Cl3F3N2OS/c1-20-3-19-18-8-6(13)4(11)2-5(12)7(8)17-9(18)10(14,15)16/h2H,3H2,1H3. The summed E-state index contributed by atoms with van der Waals surface area (Å²) < 4.78 is 39.5. The van der Waals surface area contributed by atoms with Gasteiger partial charge in [0.05, 0.1) is 15.1 Å². The van der Waals surface area contributed by atoms with Gasteiger partial charge in [-0.1, -0.05) is 34.8 Å². The van der Waals surface area contributed by atoms with Crippen molar-refractivity contribution >= 4 is 57.6 Å². The normalized spacial score (nSPS) is 12.2. The number of rotatable bonds is 3. The van der Waals surface area contributed by atoms with E-state index in [-0.39, 0.29) is 32.0 Å². The van der Waals surface area contributed by atoms with Crippen LogP contribution < -0.4 is 4.84 Å². The van der Waals surface area contributed by atoms with Crippen LogP contribution in [0.5, 0.6) is 0 Å². The van der Waals surface area contributed by atoms with Crippen molar-refractivity contribution in [3.05, 3.63) is 27.0 Å². The molecule has 0 saturated carbocycles. The van der Waals surface area contributed by atoms with Gasteiger partial charge < -0.3 is 4.84 Å². The van der Waals surface area contributed by atoms with Crippen molar-refractivity contribution in [3.63, 3.8) is 0 Å². The fraction of sp³-hybridized carbons (Fsp3) is 0.300. The molecule has 0 unspecified atom stereocenters. The minimum atomic E-state index is -4.71. The van der Waals surface area contributed by atoms with Crippen LogP contribution >= 0.6 is 46.6 Å². The van der Waals surface area contributed by atoms with Gasteiger partial charge in [-0.3, -0.25) is 0 Å². The van der Waals surface area contributed by atoms with Crippen LogP contribution in [-0.2, 0) is 6.18 Å². The molecule has 0 radical (unpaired) electrons. The average molecular weight is 366 g/mol. The first kappa shape index (κ1) is 15.9. The minimum Gasteiger partial charge on any atom is -0.401 e. The fourth-order valence-electron chi connectivity index (χ4n) is 1.53. The van der Waals surface area contributed by atoms with Gasteiger partial charge in [-0.2, -0.15) is 17.9 Å².